The molecule has 0 aliphatic heterocycles. The summed E-state index contributed by atoms with van der Waals surface area (Å²) in [4.78, 5) is 10.8. The molecule has 84 valence electrons. The number of unbranched alkanes of at least 4 members (excludes halogenated alkanes) is 1. The van der Waals surface area contributed by atoms with E-state index in [1.54, 1.807) is 0 Å². The van der Waals surface area contributed by atoms with Crippen LogP contribution in [0, 0.1) is 5.92 Å². The van der Waals surface area contributed by atoms with Gasteiger partial charge in [0.2, 0.25) is 4.33 Å². The summed E-state index contributed by atoms with van der Waals surface area (Å²) in [5.74, 6) is -1.33. The molecule has 0 bridgehead atoms. The predicted molar refractivity (Wildman–Crippen MR) is 63.5 cm³/mol. The summed E-state index contributed by atoms with van der Waals surface area (Å²) in [5, 5.41) is 9.75. The molecule has 1 unspecified atom stereocenters. The fourth-order valence-corrected chi connectivity index (χ4v) is 2.22. The second-order valence-corrected chi connectivity index (χ2v) is 5.40. The minimum absolute atomic E-state index is 0.178. The Morgan fingerprint density at radius 2 is 2.07 bits per heavy atom. The lowest BCUT2D eigenvalue weighted by molar-refractivity contribution is -0.139. The maximum absolute atomic E-state index is 10.8. The molecule has 1 atom stereocenters. The Morgan fingerprint density at radius 1 is 1.50 bits per heavy atom. The summed E-state index contributed by atoms with van der Waals surface area (Å²) in [6.07, 6.45) is 3.39. The normalized spacial score (nSPS) is 14.0. The average Bonchev–Trinajstić information content (AvgIpc) is 2.12. The molecular weight excluding hydrogens is 291 g/mol. The number of aliphatic carboxylic acids is 1. The van der Waals surface area contributed by atoms with Gasteiger partial charge in [0.25, 0.3) is 0 Å². The van der Waals surface area contributed by atoms with Gasteiger partial charge in [0.05, 0.1) is 0 Å². The van der Waals surface area contributed by atoms with E-state index in [4.69, 9.17) is 28.3 Å². The van der Waals surface area contributed by atoms with E-state index in [2.05, 4.69) is 15.9 Å². The van der Waals surface area contributed by atoms with Crippen molar-refractivity contribution in [1.82, 2.24) is 0 Å². The van der Waals surface area contributed by atoms with Crippen molar-refractivity contribution in [1.29, 1.82) is 0 Å². The van der Waals surface area contributed by atoms with Crippen molar-refractivity contribution in [3.63, 3.8) is 0 Å². The second-order valence-electron chi connectivity index (χ2n) is 3.22. The highest BCUT2D eigenvalue weighted by atomic mass is 79.9. The number of halogens is 3. The van der Waals surface area contributed by atoms with Crippen molar-refractivity contribution in [2.75, 3.05) is 5.33 Å². The first-order valence-electron chi connectivity index (χ1n) is 4.64. The van der Waals surface area contributed by atoms with Crippen LogP contribution in [0.1, 0.15) is 32.6 Å². The third kappa shape index (κ3) is 4.37. The number of carboxylic acids is 1. The van der Waals surface area contributed by atoms with E-state index >= 15 is 0 Å². The molecular formula is C9H15BrCl2O2. The molecule has 5 heteroatoms. The summed E-state index contributed by atoms with van der Waals surface area (Å²) in [7, 11) is 0. The highest BCUT2D eigenvalue weighted by molar-refractivity contribution is 9.09. The Bertz CT molecular complexity index is 186. The number of alkyl halides is 3. The standard InChI is InChI=1S/C9H15BrCl2O2/c1-2-7(5-3-4-6-10)9(11,12)8(13)14/h7H,2-6H2,1H3,(H,13,14). The lowest BCUT2D eigenvalue weighted by Gasteiger charge is -2.24. The summed E-state index contributed by atoms with van der Waals surface area (Å²) in [6.45, 7) is 1.90. The van der Waals surface area contributed by atoms with Crippen LogP contribution in [0.25, 0.3) is 0 Å². The average molecular weight is 306 g/mol. The van der Waals surface area contributed by atoms with E-state index in [1.165, 1.54) is 0 Å². The molecule has 0 aliphatic carbocycles. The number of hydrogen-bond donors (Lipinski definition) is 1. The summed E-state index contributed by atoms with van der Waals surface area (Å²) in [5.41, 5.74) is 0. The van der Waals surface area contributed by atoms with Crippen molar-refractivity contribution >= 4 is 45.1 Å². The first kappa shape index (κ1) is 14.5. The predicted octanol–water partition coefficient (Wildman–Crippen LogP) is 3.84. The van der Waals surface area contributed by atoms with Gasteiger partial charge in [-0.1, -0.05) is 52.5 Å². The van der Waals surface area contributed by atoms with Gasteiger partial charge in [-0.2, -0.15) is 0 Å². The molecule has 0 aliphatic rings. The fraction of sp³-hybridized carbons (Fsp3) is 0.889. The van der Waals surface area contributed by atoms with Crippen LogP contribution < -0.4 is 0 Å². The topological polar surface area (TPSA) is 37.3 Å². The highest BCUT2D eigenvalue weighted by Gasteiger charge is 2.40. The van der Waals surface area contributed by atoms with Crippen LogP contribution in [0.5, 0.6) is 0 Å². The monoisotopic (exact) mass is 304 g/mol. The van der Waals surface area contributed by atoms with Gasteiger partial charge >= 0.3 is 5.97 Å². The highest BCUT2D eigenvalue weighted by Crippen LogP contribution is 2.36. The van der Waals surface area contributed by atoms with Crippen LogP contribution in [0.15, 0.2) is 0 Å². The minimum Gasteiger partial charge on any atom is -0.479 e. The Morgan fingerprint density at radius 3 is 2.43 bits per heavy atom. The van der Waals surface area contributed by atoms with Gasteiger partial charge in [-0.25, -0.2) is 4.79 Å². The second kappa shape index (κ2) is 6.91. The number of carboxylic acid groups (broad SMARTS) is 1. The summed E-state index contributed by atoms with van der Waals surface area (Å²) >= 11 is 14.9. The molecule has 2 nitrogen and oxygen atoms in total. The van der Waals surface area contributed by atoms with E-state index in [-0.39, 0.29) is 5.92 Å². The smallest absolute Gasteiger partial charge is 0.340 e. The number of hydrogen-bond acceptors (Lipinski definition) is 1. The van der Waals surface area contributed by atoms with Crippen molar-refractivity contribution in [2.24, 2.45) is 5.92 Å². The van der Waals surface area contributed by atoms with Gasteiger partial charge < -0.3 is 5.11 Å². The SMILES string of the molecule is CCC(CCCCBr)C(Cl)(Cl)C(=O)O. The van der Waals surface area contributed by atoms with Crippen molar-refractivity contribution in [3.05, 3.63) is 0 Å². The maximum atomic E-state index is 10.8. The summed E-state index contributed by atoms with van der Waals surface area (Å²) < 4.78 is -1.64. The van der Waals surface area contributed by atoms with Crippen molar-refractivity contribution in [2.45, 2.75) is 36.9 Å². The maximum Gasteiger partial charge on any atom is 0.340 e. The molecule has 14 heavy (non-hydrogen) atoms. The Kier molecular flexibility index (Phi) is 7.17. The first-order valence-corrected chi connectivity index (χ1v) is 6.51. The molecule has 0 aromatic carbocycles. The third-order valence-corrected chi connectivity index (χ3v) is 3.73. The van der Waals surface area contributed by atoms with Crippen LogP contribution >= 0.6 is 39.1 Å². The lowest BCUT2D eigenvalue weighted by atomic mass is 9.95. The molecule has 0 saturated heterocycles. The lowest BCUT2D eigenvalue weighted by Crippen LogP contribution is -2.34. The molecule has 0 fully saturated rings. The quantitative estimate of drug-likeness (QED) is 0.573. The van der Waals surface area contributed by atoms with Crippen molar-refractivity contribution in [3.8, 4) is 0 Å². The molecule has 0 rings (SSSR count). The van der Waals surface area contributed by atoms with Gasteiger partial charge in [0.1, 0.15) is 0 Å². The molecule has 1 N–H and O–H groups in total. The van der Waals surface area contributed by atoms with E-state index < -0.39 is 10.3 Å². The molecule has 0 radical (unpaired) electrons. The zero-order valence-electron chi connectivity index (χ0n) is 8.10. The molecule has 0 aromatic heterocycles. The van der Waals surface area contributed by atoms with Gasteiger partial charge in [0.15, 0.2) is 0 Å². The number of carbonyl (C=O) groups is 1. The summed E-state index contributed by atoms with van der Waals surface area (Å²) in [6, 6.07) is 0. The van der Waals surface area contributed by atoms with Crippen LogP contribution in [-0.2, 0) is 4.79 Å². The van der Waals surface area contributed by atoms with Gasteiger partial charge in [0, 0.05) is 11.2 Å². The molecule has 0 spiro atoms. The van der Waals surface area contributed by atoms with E-state index in [0.29, 0.717) is 6.42 Å². The first-order chi connectivity index (χ1) is 6.46. The fourth-order valence-electron chi connectivity index (χ4n) is 1.30. The molecule has 0 saturated carbocycles. The van der Waals surface area contributed by atoms with E-state index in [9.17, 15) is 4.79 Å². The Balaban J connectivity index is 4.18. The van der Waals surface area contributed by atoms with Gasteiger partial charge in [-0.3, -0.25) is 0 Å². The molecule has 0 heterocycles. The number of rotatable bonds is 7. The van der Waals surface area contributed by atoms with E-state index in [0.717, 1.165) is 24.6 Å². The Hall–Kier alpha value is 0.530. The largest absolute Gasteiger partial charge is 0.479 e. The molecule has 0 amide bonds. The van der Waals surface area contributed by atoms with Crippen LogP contribution in [0.2, 0.25) is 0 Å². The zero-order valence-corrected chi connectivity index (χ0v) is 11.2. The van der Waals surface area contributed by atoms with E-state index in [1.807, 2.05) is 6.92 Å². The Labute approximate surface area is 103 Å². The van der Waals surface area contributed by atoms with Crippen LogP contribution in [0.4, 0.5) is 0 Å². The van der Waals surface area contributed by atoms with Gasteiger partial charge in [-0.15, -0.1) is 0 Å². The molecule has 0 aromatic rings. The van der Waals surface area contributed by atoms with Crippen LogP contribution in [-0.4, -0.2) is 20.7 Å². The third-order valence-electron chi connectivity index (χ3n) is 2.23. The van der Waals surface area contributed by atoms with Gasteiger partial charge in [-0.05, 0) is 19.3 Å². The zero-order chi connectivity index (χ0) is 11.2. The minimum atomic E-state index is -1.64. The van der Waals surface area contributed by atoms with Crippen molar-refractivity contribution < 1.29 is 9.90 Å². The van der Waals surface area contributed by atoms with Crippen LogP contribution in [0.3, 0.4) is 0 Å².